The van der Waals surface area contributed by atoms with Gasteiger partial charge in [0.15, 0.2) is 11.9 Å². The van der Waals surface area contributed by atoms with Gasteiger partial charge in [0.1, 0.15) is 0 Å². The number of nitrogens with one attached hydrogen (secondary N) is 1. The summed E-state index contributed by atoms with van der Waals surface area (Å²) in [5.74, 6) is -1.04. The van der Waals surface area contributed by atoms with E-state index in [0.717, 1.165) is 4.57 Å². The summed E-state index contributed by atoms with van der Waals surface area (Å²) in [5, 5.41) is 3.20. The molecule has 2 unspecified atom stereocenters. The molecule has 0 aliphatic carbocycles. The summed E-state index contributed by atoms with van der Waals surface area (Å²) in [4.78, 5) is 28.3. The zero-order valence-corrected chi connectivity index (χ0v) is 17.1. The highest BCUT2D eigenvalue weighted by Crippen LogP contribution is 2.29. The van der Waals surface area contributed by atoms with Gasteiger partial charge in [-0.2, -0.15) is 8.78 Å². The van der Waals surface area contributed by atoms with Gasteiger partial charge in [0.05, 0.1) is 23.5 Å². The van der Waals surface area contributed by atoms with Gasteiger partial charge in [-0.05, 0) is 36.8 Å². The monoisotopic (exact) mass is 435 g/mol. The normalized spacial score (nSPS) is 13.3. The maximum absolute atomic E-state index is 13.6. The maximum Gasteiger partial charge on any atom is 0.320 e. The number of ether oxygens (including phenoxy) is 1. The van der Waals surface area contributed by atoms with Crippen molar-refractivity contribution in [3.05, 3.63) is 64.9 Å². The molecule has 9 heteroatoms. The minimum Gasteiger partial charge on any atom is -0.454 e. The minimum absolute atomic E-state index is 0.0536. The predicted molar refractivity (Wildman–Crippen MR) is 108 cm³/mol. The molecule has 0 spiro atoms. The Morgan fingerprint density at radius 2 is 1.83 bits per heavy atom. The summed E-state index contributed by atoms with van der Waals surface area (Å²) in [5.41, 5.74) is 1.30. The lowest BCUT2D eigenvalue weighted by Gasteiger charge is -2.20. The molecule has 2 atom stereocenters. The molecule has 6 nitrogen and oxygen atoms in total. The quantitative estimate of drug-likeness (QED) is 0.532. The summed E-state index contributed by atoms with van der Waals surface area (Å²) in [6.07, 6.45) is -1.19. The Morgan fingerprint density at radius 3 is 2.47 bits per heavy atom. The van der Waals surface area contributed by atoms with Gasteiger partial charge in [-0.3, -0.25) is 14.2 Å². The van der Waals surface area contributed by atoms with Crippen LogP contribution in [0.5, 0.6) is 0 Å². The van der Waals surface area contributed by atoms with Crippen LogP contribution in [0.1, 0.15) is 50.4 Å². The van der Waals surface area contributed by atoms with E-state index in [4.69, 9.17) is 16.3 Å². The van der Waals surface area contributed by atoms with Gasteiger partial charge >= 0.3 is 12.5 Å². The van der Waals surface area contributed by atoms with Crippen LogP contribution >= 0.6 is 11.6 Å². The van der Waals surface area contributed by atoms with Crippen LogP contribution in [0.3, 0.4) is 0 Å². The number of imidazole rings is 1. The Labute approximate surface area is 176 Å². The Kier molecular flexibility index (Phi) is 6.66. The second-order valence-corrected chi connectivity index (χ2v) is 7.18. The molecular formula is C21H20ClF2N3O3. The molecule has 0 fully saturated rings. The van der Waals surface area contributed by atoms with Crippen molar-refractivity contribution >= 4 is 34.5 Å². The van der Waals surface area contributed by atoms with Gasteiger partial charge in [-0.1, -0.05) is 35.9 Å². The van der Waals surface area contributed by atoms with Gasteiger partial charge < -0.3 is 10.1 Å². The molecule has 0 bridgehead atoms. The maximum atomic E-state index is 13.6. The van der Waals surface area contributed by atoms with Crippen LogP contribution in [0.25, 0.3) is 11.0 Å². The van der Waals surface area contributed by atoms with Crippen LogP contribution in [-0.2, 0) is 14.3 Å². The van der Waals surface area contributed by atoms with Crippen molar-refractivity contribution in [3.63, 3.8) is 0 Å². The van der Waals surface area contributed by atoms with Crippen molar-refractivity contribution in [3.8, 4) is 0 Å². The van der Waals surface area contributed by atoms with Crippen molar-refractivity contribution in [2.45, 2.75) is 39.0 Å². The molecule has 3 aromatic rings. The van der Waals surface area contributed by atoms with E-state index in [0.29, 0.717) is 16.1 Å². The van der Waals surface area contributed by atoms with E-state index in [-0.39, 0.29) is 23.7 Å². The van der Waals surface area contributed by atoms with Crippen LogP contribution in [-0.4, -0.2) is 21.4 Å². The average Bonchev–Trinajstić information content (AvgIpc) is 3.07. The molecule has 0 radical (unpaired) electrons. The first-order valence-electron chi connectivity index (χ1n) is 9.23. The van der Waals surface area contributed by atoms with Gasteiger partial charge in [0.2, 0.25) is 5.91 Å². The van der Waals surface area contributed by atoms with Crippen molar-refractivity contribution in [2.24, 2.45) is 0 Å². The Balaban J connectivity index is 1.79. The summed E-state index contributed by atoms with van der Waals surface area (Å²) >= 11 is 5.89. The first kappa shape index (κ1) is 21.7. The second-order valence-electron chi connectivity index (χ2n) is 6.75. The largest absolute Gasteiger partial charge is 0.454 e. The van der Waals surface area contributed by atoms with Gasteiger partial charge in [-0.25, -0.2) is 4.98 Å². The third-order valence-corrected chi connectivity index (χ3v) is 4.76. The fourth-order valence-corrected chi connectivity index (χ4v) is 3.34. The molecule has 0 aliphatic rings. The lowest BCUT2D eigenvalue weighted by molar-refractivity contribution is -0.150. The third kappa shape index (κ3) is 4.94. The number of carbonyl (C=O) groups is 2. The molecule has 1 heterocycles. The molecule has 0 aliphatic heterocycles. The topological polar surface area (TPSA) is 73.2 Å². The van der Waals surface area contributed by atoms with Crippen molar-refractivity contribution in [1.29, 1.82) is 0 Å². The van der Waals surface area contributed by atoms with E-state index in [2.05, 4.69) is 10.3 Å². The molecular weight excluding hydrogens is 416 g/mol. The van der Waals surface area contributed by atoms with Crippen molar-refractivity contribution in [2.75, 3.05) is 0 Å². The number of carbonyl (C=O) groups excluding carboxylic acids is 2. The van der Waals surface area contributed by atoms with Gasteiger partial charge in [0, 0.05) is 11.9 Å². The molecule has 158 valence electrons. The Morgan fingerprint density at radius 1 is 1.17 bits per heavy atom. The van der Waals surface area contributed by atoms with E-state index < -0.39 is 24.7 Å². The van der Waals surface area contributed by atoms with Gasteiger partial charge in [0.25, 0.3) is 0 Å². The lowest BCUT2D eigenvalue weighted by atomic mass is 10.0. The molecule has 1 amide bonds. The van der Waals surface area contributed by atoms with Crippen molar-refractivity contribution in [1.82, 2.24) is 14.9 Å². The van der Waals surface area contributed by atoms with Crippen LogP contribution in [0.15, 0.2) is 48.5 Å². The van der Waals surface area contributed by atoms with Crippen LogP contribution in [0.2, 0.25) is 5.02 Å². The summed E-state index contributed by atoms with van der Waals surface area (Å²) < 4.78 is 33.4. The number of para-hydroxylation sites is 2. The number of nitrogens with zero attached hydrogens (tertiary/aromatic N) is 2. The second kappa shape index (κ2) is 9.21. The molecule has 0 saturated carbocycles. The highest BCUT2D eigenvalue weighted by atomic mass is 35.5. The Hall–Kier alpha value is -3.00. The van der Waals surface area contributed by atoms with E-state index in [1.54, 1.807) is 42.5 Å². The number of alkyl halides is 2. The highest BCUT2D eigenvalue weighted by molar-refractivity contribution is 6.30. The molecule has 30 heavy (non-hydrogen) atoms. The van der Waals surface area contributed by atoms with Crippen LogP contribution in [0.4, 0.5) is 8.78 Å². The number of benzene rings is 2. The predicted octanol–water partition coefficient (Wildman–Crippen LogP) is 4.96. The van der Waals surface area contributed by atoms with Crippen LogP contribution < -0.4 is 5.32 Å². The highest BCUT2D eigenvalue weighted by Gasteiger charge is 2.26. The van der Waals surface area contributed by atoms with E-state index in [1.165, 1.54) is 19.9 Å². The van der Waals surface area contributed by atoms with Gasteiger partial charge in [-0.15, -0.1) is 0 Å². The SMILES string of the molecule is CC(=O)NC(CC(=O)OC(C)c1nc2ccccc2n1C(F)F)c1ccc(Cl)cc1. The summed E-state index contributed by atoms with van der Waals surface area (Å²) in [7, 11) is 0. The number of esters is 1. The van der Waals surface area contributed by atoms with E-state index >= 15 is 0 Å². The first-order chi connectivity index (χ1) is 14.3. The first-order valence-corrected chi connectivity index (χ1v) is 9.61. The number of hydrogen-bond acceptors (Lipinski definition) is 4. The molecule has 1 aromatic heterocycles. The van der Waals surface area contributed by atoms with Crippen molar-refractivity contribution < 1.29 is 23.1 Å². The number of halogens is 3. The molecule has 3 rings (SSSR count). The fourth-order valence-electron chi connectivity index (χ4n) is 3.21. The zero-order valence-electron chi connectivity index (χ0n) is 16.3. The Bertz CT molecular complexity index is 1050. The number of fused-ring (bicyclic) bond motifs is 1. The average molecular weight is 436 g/mol. The number of rotatable bonds is 7. The molecule has 1 N–H and O–H groups in total. The fraction of sp³-hybridized carbons (Fsp3) is 0.286. The third-order valence-electron chi connectivity index (χ3n) is 4.51. The zero-order chi connectivity index (χ0) is 21.8. The number of amides is 1. The van der Waals surface area contributed by atoms with Crippen LogP contribution in [0, 0.1) is 0 Å². The number of hydrogen-bond donors (Lipinski definition) is 1. The smallest absolute Gasteiger partial charge is 0.320 e. The van der Waals surface area contributed by atoms with E-state index in [9.17, 15) is 18.4 Å². The standard InChI is InChI=1S/C21H20ClF2N3O3/c1-12(20-26-16-5-3-4-6-18(16)27(20)21(23)24)30-19(29)11-17(25-13(2)28)14-7-9-15(22)10-8-14/h3-10,12,17,21H,11H2,1-2H3,(H,25,28). The summed E-state index contributed by atoms with van der Waals surface area (Å²) in [6.45, 7) is -0.0232. The lowest BCUT2D eigenvalue weighted by Crippen LogP contribution is -2.29. The minimum atomic E-state index is -2.84. The van der Waals surface area contributed by atoms with E-state index in [1.807, 2.05) is 0 Å². The summed E-state index contributed by atoms with van der Waals surface area (Å²) in [6, 6.07) is 12.5. The number of aromatic nitrogens is 2. The molecule has 2 aromatic carbocycles. The molecule has 0 saturated heterocycles.